The zero-order valence-corrected chi connectivity index (χ0v) is 13.2. The molecule has 0 bridgehead atoms. The minimum absolute atomic E-state index is 0.537. The molecule has 1 N–H and O–H groups in total. The molecule has 102 valence electrons. The minimum Gasteiger partial charge on any atom is -0.388 e. The number of aliphatic hydroxyl groups is 1. The summed E-state index contributed by atoms with van der Waals surface area (Å²) in [5, 5.41) is 15.4. The number of nitrogens with zero attached hydrogens (tertiary/aromatic N) is 2. The quantitative estimate of drug-likeness (QED) is 0.914. The Balaban J connectivity index is 2.22. The van der Waals surface area contributed by atoms with Crippen LogP contribution in [0.4, 0.5) is 0 Å². The Morgan fingerprint density at radius 3 is 2.79 bits per heavy atom. The van der Waals surface area contributed by atoms with Crippen molar-refractivity contribution in [1.29, 1.82) is 0 Å². The van der Waals surface area contributed by atoms with E-state index >= 15 is 0 Å². The SMILES string of the molecule is CCn1nc(C)cc1CC(O)c1ccc(Cl)cc1Br. The van der Waals surface area contributed by atoms with Gasteiger partial charge >= 0.3 is 0 Å². The summed E-state index contributed by atoms with van der Waals surface area (Å²) in [6.45, 7) is 4.80. The fraction of sp³-hybridized carbons (Fsp3) is 0.357. The molecule has 19 heavy (non-hydrogen) atoms. The first-order valence-corrected chi connectivity index (χ1v) is 7.34. The predicted octanol–water partition coefficient (Wildman–Crippen LogP) is 3.90. The molecule has 0 radical (unpaired) electrons. The molecule has 0 aliphatic rings. The molecule has 0 aliphatic carbocycles. The number of aryl methyl sites for hydroxylation is 2. The molecule has 0 saturated heterocycles. The average Bonchev–Trinajstić information content (AvgIpc) is 2.69. The van der Waals surface area contributed by atoms with Crippen molar-refractivity contribution in [3.8, 4) is 0 Å². The van der Waals surface area contributed by atoms with Gasteiger partial charge in [-0.25, -0.2) is 0 Å². The lowest BCUT2D eigenvalue weighted by molar-refractivity contribution is 0.174. The average molecular weight is 344 g/mol. The van der Waals surface area contributed by atoms with E-state index in [4.69, 9.17) is 11.6 Å². The monoisotopic (exact) mass is 342 g/mol. The van der Waals surface area contributed by atoms with Crippen molar-refractivity contribution in [3.05, 3.63) is 50.7 Å². The molecule has 0 spiro atoms. The van der Waals surface area contributed by atoms with Crippen LogP contribution in [0, 0.1) is 6.92 Å². The Kier molecular flexibility index (Phi) is 4.66. The van der Waals surface area contributed by atoms with Gasteiger partial charge in [0.2, 0.25) is 0 Å². The summed E-state index contributed by atoms with van der Waals surface area (Å²) >= 11 is 9.34. The molecule has 0 amide bonds. The third kappa shape index (κ3) is 3.38. The van der Waals surface area contributed by atoms with Crippen molar-refractivity contribution in [2.24, 2.45) is 0 Å². The van der Waals surface area contributed by atoms with Gasteiger partial charge in [0.25, 0.3) is 0 Å². The third-order valence-corrected chi connectivity index (χ3v) is 3.93. The van der Waals surface area contributed by atoms with Crippen molar-refractivity contribution in [1.82, 2.24) is 9.78 Å². The first-order valence-electron chi connectivity index (χ1n) is 6.17. The Labute approximate surface area is 126 Å². The predicted molar refractivity (Wildman–Crippen MR) is 80.5 cm³/mol. The van der Waals surface area contributed by atoms with E-state index in [1.54, 1.807) is 12.1 Å². The molecule has 1 aromatic heterocycles. The lowest BCUT2D eigenvalue weighted by atomic mass is 10.0. The Bertz CT molecular complexity index is 583. The van der Waals surface area contributed by atoms with Gasteiger partial charge in [0.05, 0.1) is 11.8 Å². The highest BCUT2D eigenvalue weighted by Crippen LogP contribution is 2.28. The van der Waals surface area contributed by atoms with E-state index in [-0.39, 0.29) is 0 Å². The van der Waals surface area contributed by atoms with Crippen LogP contribution in [0.1, 0.15) is 30.0 Å². The number of aromatic nitrogens is 2. The molecule has 1 unspecified atom stereocenters. The number of rotatable bonds is 4. The molecule has 3 nitrogen and oxygen atoms in total. The maximum Gasteiger partial charge on any atom is 0.0856 e. The Morgan fingerprint density at radius 2 is 2.16 bits per heavy atom. The first-order chi connectivity index (χ1) is 9.01. The molecular weight excluding hydrogens is 328 g/mol. The van der Waals surface area contributed by atoms with Crippen LogP contribution in [0.2, 0.25) is 5.02 Å². The highest BCUT2D eigenvalue weighted by molar-refractivity contribution is 9.10. The largest absolute Gasteiger partial charge is 0.388 e. The zero-order chi connectivity index (χ0) is 14.0. The van der Waals surface area contributed by atoms with Crippen LogP contribution in [0.3, 0.4) is 0 Å². The van der Waals surface area contributed by atoms with E-state index in [1.807, 2.05) is 30.7 Å². The summed E-state index contributed by atoms with van der Waals surface area (Å²) in [5.74, 6) is 0. The highest BCUT2D eigenvalue weighted by atomic mass is 79.9. The second-order valence-corrected chi connectivity index (χ2v) is 5.77. The second kappa shape index (κ2) is 6.07. The molecule has 1 aromatic carbocycles. The molecule has 0 saturated carbocycles. The van der Waals surface area contributed by atoms with Gasteiger partial charge in [-0.2, -0.15) is 5.10 Å². The summed E-state index contributed by atoms with van der Waals surface area (Å²) in [6, 6.07) is 7.43. The number of aliphatic hydroxyl groups excluding tert-OH is 1. The fourth-order valence-corrected chi connectivity index (χ4v) is 3.06. The van der Waals surface area contributed by atoms with Gasteiger partial charge in [0.15, 0.2) is 0 Å². The number of benzene rings is 1. The standard InChI is InChI=1S/C14H16BrClN2O/c1-3-18-11(6-9(2)17-18)8-14(19)12-5-4-10(16)7-13(12)15/h4-7,14,19H,3,8H2,1-2H3. The molecule has 0 fully saturated rings. The maximum absolute atomic E-state index is 10.4. The van der Waals surface area contributed by atoms with Gasteiger partial charge in [0.1, 0.15) is 0 Å². The number of hydrogen-bond acceptors (Lipinski definition) is 2. The van der Waals surface area contributed by atoms with Crippen LogP contribution in [0.15, 0.2) is 28.7 Å². The van der Waals surface area contributed by atoms with Crippen molar-refractivity contribution in [3.63, 3.8) is 0 Å². The smallest absolute Gasteiger partial charge is 0.0856 e. The third-order valence-electron chi connectivity index (χ3n) is 3.01. The molecule has 1 atom stereocenters. The molecule has 5 heteroatoms. The van der Waals surface area contributed by atoms with Crippen LogP contribution in [0.5, 0.6) is 0 Å². The lowest BCUT2D eigenvalue weighted by Crippen LogP contribution is -2.08. The van der Waals surface area contributed by atoms with E-state index < -0.39 is 6.10 Å². The van der Waals surface area contributed by atoms with Gasteiger partial charge < -0.3 is 5.11 Å². The highest BCUT2D eigenvalue weighted by Gasteiger charge is 2.15. The summed E-state index contributed by atoms with van der Waals surface area (Å²) in [4.78, 5) is 0. The summed E-state index contributed by atoms with van der Waals surface area (Å²) in [5.41, 5.74) is 2.85. The van der Waals surface area contributed by atoms with Crippen molar-refractivity contribution in [2.45, 2.75) is 32.9 Å². The van der Waals surface area contributed by atoms with E-state index in [2.05, 4.69) is 21.0 Å². The first kappa shape index (κ1) is 14.6. The lowest BCUT2D eigenvalue weighted by Gasteiger charge is -2.14. The van der Waals surface area contributed by atoms with Gasteiger partial charge in [0, 0.05) is 28.2 Å². The summed E-state index contributed by atoms with van der Waals surface area (Å²) in [7, 11) is 0. The van der Waals surface area contributed by atoms with Crippen LogP contribution in [0.25, 0.3) is 0 Å². The summed E-state index contributed by atoms with van der Waals surface area (Å²) < 4.78 is 2.74. The number of halogens is 2. The van der Waals surface area contributed by atoms with E-state index in [0.29, 0.717) is 11.4 Å². The summed E-state index contributed by atoms with van der Waals surface area (Å²) in [6.07, 6.45) is -0.0393. The van der Waals surface area contributed by atoms with Crippen LogP contribution in [-0.4, -0.2) is 14.9 Å². The second-order valence-electron chi connectivity index (χ2n) is 4.48. The van der Waals surface area contributed by atoms with Crippen molar-refractivity contribution < 1.29 is 5.11 Å². The van der Waals surface area contributed by atoms with Crippen LogP contribution >= 0.6 is 27.5 Å². The van der Waals surface area contributed by atoms with Gasteiger partial charge in [-0.1, -0.05) is 33.6 Å². The van der Waals surface area contributed by atoms with Gasteiger partial charge in [-0.15, -0.1) is 0 Å². The van der Waals surface area contributed by atoms with Crippen LogP contribution in [-0.2, 0) is 13.0 Å². The topological polar surface area (TPSA) is 38.0 Å². The van der Waals surface area contributed by atoms with E-state index in [1.165, 1.54) is 0 Å². The van der Waals surface area contributed by atoms with Crippen LogP contribution < -0.4 is 0 Å². The van der Waals surface area contributed by atoms with E-state index in [0.717, 1.165) is 28.0 Å². The van der Waals surface area contributed by atoms with E-state index in [9.17, 15) is 5.11 Å². The Hall–Kier alpha value is -0.840. The normalized spacial score (nSPS) is 12.7. The van der Waals surface area contributed by atoms with Crippen molar-refractivity contribution >= 4 is 27.5 Å². The molecule has 1 heterocycles. The van der Waals surface area contributed by atoms with Gasteiger partial charge in [-0.3, -0.25) is 4.68 Å². The molecule has 2 aromatic rings. The molecule has 2 rings (SSSR count). The maximum atomic E-state index is 10.4. The number of hydrogen-bond donors (Lipinski definition) is 1. The van der Waals surface area contributed by atoms with Gasteiger partial charge in [-0.05, 0) is 37.6 Å². The molecule has 0 aliphatic heterocycles. The minimum atomic E-state index is -0.576. The Morgan fingerprint density at radius 1 is 1.42 bits per heavy atom. The zero-order valence-electron chi connectivity index (χ0n) is 10.9. The fourth-order valence-electron chi connectivity index (χ4n) is 2.12. The van der Waals surface area contributed by atoms with Crippen molar-refractivity contribution in [2.75, 3.05) is 0 Å². The molecular formula is C14H16BrClN2O.